The lowest BCUT2D eigenvalue weighted by Gasteiger charge is -2.40. The Hall–Kier alpha value is -2.22. The summed E-state index contributed by atoms with van der Waals surface area (Å²) in [5.41, 5.74) is 0. The van der Waals surface area contributed by atoms with Crippen LogP contribution in [-0.4, -0.2) is 57.7 Å². The molecule has 3 aromatic carbocycles. The first-order valence-corrected chi connectivity index (χ1v) is 8.48. The van der Waals surface area contributed by atoms with Gasteiger partial charge in [0.05, 0.1) is 6.61 Å². The second-order valence-electron chi connectivity index (χ2n) is 6.46. The van der Waals surface area contributed by atoms with Gasteiger partial charge in [0.1, 0.15) is 24.1 Å². The number of fused-ring (bicyclic) bond motifs is 2. The zero-order chi connectivity index (χ0) is 18.3. The molecule has 4 N–H and O–H groups in total. The summed E-state index contributed by atoms with van der Waals surface area (Å²) in [4.78, 5) is 0. The van der Waals surface area contributed by atoms with E-state index in [1.165, 1.54) is 0 Å². The van der Waals surface area contributed by atoms with E-state index < -0.39 is 37.3 Å². The van der Waals surface area contributed by atoms with Crippen molar-refractivity contribution in [3.8, 4) is 5.75 Å². The smallest absolute Gasteiger partial charge is 0.195 e. The minimum atomic E-state index is -1.48. The Morgan fingerprint density at radius 1 is 0.846 bits per heavy atom. The third-order valence-electron chi connectivity index (χ3n) is 4.82. The van der Waals surface area contributed by atoms with Crippen molar-refractivity contribution in [3.63, 3.8) is 0 Å². The molecule has 1 fully saturated rings. The van der Waals surface area contributed by atoms with Crippen LogP contribution < -0.4 is 4.74 Å². The van der Waals surface area contributed by atoms with Crippen LogP contribution in [0.25, 0.3) is 21.5 Å². The van der Waals surface area contributed by atoms with Crippen molar-refractivity contribution in [2.75, 3.05) is 6.61 Å². The van der Waals surface area contributed by atoms with Crippen molar-refractivity contribution >= 4 is 21.5 Å². The first kappa shape index (κ1) is 17.2. The third kappa shape index (κ3) is 2.82. The molecule has 0 spiro atoms. The first-order valence-electron chi connectivity index (χ1n) is 8.48. The van der Waals surface area contributed by atoms with Crippen molar-refractivity contribution in [2.24, 2.45) is 0 Å². The highest BCUT2D eigenvalue weighted by molar-refractivity contribution is 6.05. The second-order valence-corrected chi connectivity index (χ2v) is 6.46. The van der Waals surface area contributed by atoms with E-state index in [9.17, 15) is 20.4 Å². The molecule has 0 amide bonds. The topological polar surface area (TPSA) is 99.4 Å². The number of benzene rings is 3. The standard InChI is InChI=1S/C20H20O6/c21-10-15-16(22)17(23)19(20(24)25-15)26-18-13-7-3-1-5-11(13)9-12-6-2-4-8-14(12)18/h1-9,15-17,19-24H,10H2/t15-,16+,17+,19-,20-/m1/s1. The van der Waals surface area contributed by atoms with Crippen LogP contribution in [0, 0.1) is 0 Å². The lowest BCUT2D eigenvalue weighted by molar-refractivity contribution is -0.280. The predicted molar refractivity (Wildman–Crippen MR) is 95.8 cm³/mol. The van der Waals surface area contributed by atoms with Gasteiger partial charge in [-0.3, -0.25) is 0 Å². The Morgan fingerprint density at radius 3 is 2.00 bits per heavy atom. The molecule has 4 rings (SSSR count). The lowest BCUT2D eigenvalue weighted by Crippen LogP contribution is -2.60. The molecule has 1 aliphatic rings. The van der Waals surface area contributed by atoms with E-state index in [0.717, 1.165) is 21.5 Å². The molecular weight excluding hydrogens is 336 g/mol. The summed E-state index contributed by atoms with van der Waals surface area (Å²) in [6.45, 7) is -0.515. The van der Waals surface area contributed by atoms with Crippen molar-refractivity contribution in [1.29, 1.82) is 0 Å². The average Bonchev–Trinajstić information content (AvgIpc) is 2.67. The number of ether oxygens (including phenoxy) is 2. The average molecular weight is 356 g/mol. The molecule has 5 atom stereocenters. The molecule has 6 nitrogen and oxygen atoms in total. The third-order valence-corrected chi connectivity index (χ3v) is 4.82. The summed E-state index contributed by atoms with van der Waals surface area (Å²) in [5.74, 6) is 0.500. The molecule has 0 unspecified atom stereocenters. The molecule has 1 heterocycles. The highest BCUT2D eigenvalue weighted by atomic mass is 16.7. The normalized spacial score (nSPS) is 29.2. The maximum atomic E-state index is 10.4. The quantitative estimate of drug-likeness (QED) is 0.526. The molecule has 1 aliphatic heterocycles. The minimum absolute atomic E-state index is 0.500. The highest BCUT2D eigenvalue weighted by Gasteiger charge is 2.45. The number of aliphatic hydroxyl groups excluding tert-OH is 4. The van der Waals surface area contributed by atoms with Gasteiger partial charge in [-0.2, -0.15) is 0 Å². The van der Waals surface area contributed by atoms with Crippen LogP contribution in [0.5, 0.6) is 5.75 Å². The van der Waals surface area contributed by atoms with Gasteiger partial charge in [0.2, 0.25) is 0 Å². The first-order chi connectivity index (χ1) is 12.6. The van der Waals surface area contributed by atoms with Crippen LogP contribution in [0.2, 0.25) is 0 Å². The summed E-state index contributed by atoms with van der Waals surface area (Å²) >= 11 is 0. The Morgan fingerprint density at radius 2 is 1.42 bits per heavy atom. The molecular formula is C20H20O6. The van der Waals surface area contributed by atoms with Crippen molar-refractivity contribution in [1.82, 2.24) is 0 Å². The van der Waals surface area contributed by atoms with Gasteiger partial charge in [-0.25, -0.2) is 0 Å². The molecule has 136 valence electrons. The second kappa shape index (κ2) is 6.83. The zero-order valence-corrected chi connectivity index (χ0v) is 13.9. The molecule has 0 radical (unpaired) electrons. The van der Waals surface area contributed by atoms with Gasteiger partial charge < -0.3 is 29.9 Å². The van der Waals surface area contributed by atoms with Crippen LogP contribution in [0.1, 0.15) is 0 Å². The van der Waals surface area contributed by atoms with Crippen molar-refractivity contribution in [3.05, 3.63) is 54.6 Å². The largest absolute Gasteiger partial charge is 0.481 e. The molecule has 0 bridgehead atoms. The predicted octanol–water partition coefficient (Wildman–Crippen LogP) is 1.17. The Bertz CT molecular complexity index is 872. The molecule has 1 saturated heterocycles. The Labute approximate surface area is 149 Å². The van der Waals surface area contributed by atoms with E-state index in [0.29, 0.717) is 5.75 Å². The van der Waals surface area contributed by atoms with Gasteiger partial charge in [-0.1, -0.05) is 48.5 Å². The maximum absolute atomic E-state index is 10.4. The summed E-state index contributed by atoms with van der Waals surface area (Å²) in [5, 5.41) is 43.5. The van der Waals surface area contributed by atoms with Crippen LogP contribution in [0.4, 0.5) is 0 Å². The van der Waals surface area contributed by atoms with Crippen LogP contribution in [0.3, 0.4) is 0 Å². The van der Waals surface area contributed by atoms with E-state index in [1.807, 2.05) is 54.6 Å². The van der Waals surface area contributed by atoms with Crippen LogP contribution >= 0.6 is 0 Å². The van der Waals surface area contributed by atoms with Crippen LogP contribution in [0.15, 0.2) is 54.6 Å². The summed E-state index contributed by atoms with van der Waals surface area (Å²) in [7, 11) is 0. The van der Waals surface area contributed by atoms with E-state index in [-0.39, 0.29) is 0 Å². The summed E-state index contributed by atoms with van der Waals surface area (Å²) < 4.78 is 11.2. The van der Waals surface area contributed by atoms with Gasteiger partial charge in [0.25, 0.3) is 0 Å². The highest BCUT2D eigenvalue weighted by Crippen LogP contribution is 2.37. The van der Waals surface area contributed by atoms with Gasteiger partial charge in [-0.15, -0.1) is 0 Å². The van der Waals surface area contributed by atoms with Gasteiger partial charge in [0.15, 0.2) is 12.4 Å². The molecule has 26 heavy (non-hydrogen) atoms. The van der Waals surface area contributed by atoms with Crippen molar-refractivity contribution in [2.45, 2.75) is 30.7 Å². The fraction of sp³-hybridized carbons (Fsp3) is 0.300. The van der Waals surface area contributed by atoms with Crippen LogP contribution in [-0.2, 0) is 4.74 Å². The minimum Gasteiger partial charge on any atom is -0.481 e. The van der Waals surface area contributed by atoms with Gasteiger partial charge >= 0.3 is 0 Å². The molecule has 3 aromatic rings. The number of hydrogen-bond acceptors (Lipinski definition) is 6. The summed E-state index contributed by atoms with van der Waals surface area (Å²) in [6, 6.07) is 17.3. The van der Waals surface area contributed by atoms with Crippen molar-refractivity contribution < 1.29 is 29.9 Å². The maximum Gasteiger partial charge on any atom is 0.195 e. The summed E-state index contributed by atoms with van der Waals surface area (Å²) in [6.07, 6.45) is -6.52. The van der Waals surface area contributed by atoms with E-state index >= 15 is 0 Å². The SMILES string of the molecule is OC[C@H]1O[C@@H](O)[C@H](Oc2c3ccccc3cc3ccccc23)[C@@H](O)[C@H]1O. The van der Waals surface area contributed by atoms with Gasteiger partial charge in [-0.05, 0) is 16.8 Å². The number of hydrogen-bond donors (Lipinski definition) is 4. The lowest BCUT2D eigenvalue weighted by atomic mass is 9.98. The zero-order valence-electron chi connectivity index (χ0n) is 13.9. The molecule has 0 aliphatic carbocycles. The fourth-order valence-electron chi connectivity index (χ4n) is 3.43. The van der Waals surface area contributed by atoms with Gasteiger partial charge in [0, 0.05) is 10.8 Å². The molecule has 0 aromatic heterocycles. The Balaban J connectivity index is 1.81. The van der Waals surface area contributed by atoms with E-state index in [1.54, 1.807) is 0 Å². The Kier molecular flexibility index (Phi) is 4.52. The fourth-order valence-corrected chi connectivity index (χ4v) is 3.43. The number of aliphatic hydroxyl groups is 4. The number of rotatable bonds is 3. The van der Waals surface area contributed by atoms with E-state index in [4.69, 9.17) is 9.47 Å². The van der Waals surface area contributed by atoms with E-state index in [2.05, 4.69) is 0 Å². The monoisotopic (exact) mass is 356 g/mol. The molecule has 0 saturated carbocycles. The molecule has 6 heteroatoms.